The molecule has 0 aromatic carbocycles. The van der Waals surface area contributed by atoms with E-state index in [9.17, 15) is 24.0 Å². The van der Waals surface area contributed by atoms with Crippen LogP contribution in [0.3, 0.4) is 0 Å². The van der Waals surface area contributed by atoms with Gasteiger partial charge in [0.05, 0.1) is 13.1 Å². The first kappa shape index (κ1) is 19.7. The van der Waals surface area contributed by atoms with Crippen molar-refractivity contribution in [3.63, 3.8) is 0 Å². The molecule has 0 aliphatic carbocycles. The SMILES string of the molecule is CC(=O)NCC(=O)NCC(=O)N[C@@H](CS)C(=O)NCC(=O)O. The second-order valence-electron chi connectivity index (χ2n) is 4.10. The van der Waals surface area contributed by atoms with E-state index >= 15 is 0 Å². The molecule has 22 heavy (non-hydrogen) atoms. The van der Waals surface area contributed by atoms with Crippen molar-refractivity contribution < 1.29 is 29.1 Å². The molecule has 0 fully saturated rings. The normalized spacial score (nSPS) is 11.0. The van der Waals surface area contributed by atoms with Gasteiger partial charge in [-0.3, -0.25) is 24.0 Å². The molecule has 0 rings (SSSR count). The van der Waals surface area contributed by atoms with E-state index < -0.39 is 42.8 Å². The average molecular weight is 334 g/mol. The van der Waals surface area contributed by atoms with Crippen LogP contribution in [0.5, 0.6) is 0 Å². The largest absolute Gasteiger partial charge is 0.480 e. The smallest absolute Gasteiger partial charge is 0.322 e. The number of amides is 4. The van der Waals surface area contributed by atoms with Gasteiger partial charge >= 0.3 is 5.97 Å². The number of carboxylic acid groups (broad SMARTS) is 1. The van der Waals surface area contributed by atoms with Crippen LogP contribution in [0.1, 0.15) is 6.92 Å². The van der Waals surface area contributed by atoms with Crippen LogP contribution >= 0.6 is 12.6 Å². The van der Waals surface area contributed by atoms with Crippen molar-refractivity contribution in [1.29, 1.82) is 0 Å². The van der Waals surface area contributed by atoms with Gasteiger partial charge in [-0.05, 0) is 0 Å². The van der Waals surface area contributed by atoms with Crippen molar-refractivity contribution in [2.24, 2.45) is 0 Å². The number of nitrogens with one attached hydrogen (secondary N) is 4. The molecule has 0 spiro atoms. The second kappa shape index (κ2) is 10.4. The van der Waals surface area contributed by atoms with Crippen molar-refractivity contribution in [3.8, 4) is 0 Å². The van der Waals surface area contributed by atoms with Crippen molar-refractivity contribution in [1.82, 2.24) is 21.3 Å². The van der Waals surface area contributed by atoms with Crippen molar-refractivity contribution in [2.45, 2.75) is 13.0 Å². The van der Waals surface area contributed by atoms with Crippen LogP contribution in [0, 0.1) is 0 Å². The number of rotatable bonds is 9. The van der Waals surface area contributed by atoms with Crippen LogP contribution in [0.15, 0.2) is 0 Å². The summed E-state index contributed by atoms with van der Waals surface area (Å²) in [5, 5.41) is 17.3. The first-order valence-electron chi connectivity index (χ1n) is 6.17. The molecule has 0 aromatic heterocycles. The first-order chi connectivity index (χ1) is 10.3. The number of carbonyl (C=O) groups excluding carboxylic acids is 4. The molecule has 4 amide bonds. The van der Waals surface area contributed by atoms with Gasteiger partial charge in [-0.1, -0.05) is 0 Å². The molecule has 0 unspecified atom stereocenters. The fourth-order valence-electron chi connectivity index (χ4n) is 1.17. The summed E-state index contributed by atoms with van der Waals surface area (Å²) >= 11 is 3.88. The zero-order chi connectivity index (χ0) is 17.1. The average Bonchev–Trinajstić information content (AvgIpc) is 2.45. The van der Waals surface area contributed by atoms with Crippen LogP contribution in [0.2, 0.25) is 0 Å². The number of carbonyl (C=O) groups is 5. The third-order valence-electron chi connectivity index (χ3n) is 2.19. The van der Waals surface area contributed by atoms with E-state index in [0.717, 1.165) is 0 Å². The summed E-state index contributed by atoms with van der Waals surface area (Å²) in [5.74, 6) is -3.57. The fraction of sp³-hybridized carbons (Fsp3) is 0.545. The minimum atomic E-state index is -1.22. The summed E-state index contributed by atoms with van der Waals surface area (Å²) < 4.78 is 0. The summed E-state index contributed by atoms with van der Waals surface area (Å²) in [4.78, 5) is 55.3. The highest BCUT2D eigenvalue weighted by Crippen LogP contribution is 1.88. The summed E-state index contributed by atoms with van der Waals surface area (Å²) in [5.41, 5.74) is 0. The van der Waals surface area contributed by atoms with Gasteiger partial charge in [-0.25, -0.2) is 0 Å². The Balaban J connectivity index is 4.15. The lowest BCUT2D eigenvalue weighted by molar-refractivity contribution is -0.138. The van der Waals surface area contributed by atoms with Gasteiger partial charge in [0.1, 0.15) is 12.6 Å². The van der Waals surface area contributed by atoms with E-state index in [-0.39, 0.29) is 18.2 Å². The standard InChI is InChI=1S/C11H18N4O6S/c1-6(16)12-2-8(17)13-3-9(18)15-7(5-22)11(21)14-4-10(19)20/h7,22H,2-5H2,1H3,(H,12,16)(H,13,17)(H,14,21)(H,15,18)(H,19,20)/t7-/m0/s1. The Morgan fingerprint density at radius 1 is 0.955 bits per heavy atom. The summed E-state index contributed by atoms with van der Waals surface area (Å²) in [6.07, 6.45) is 0. The Kier molecular flexibility index (Phi) is 9.34. The number of carboxylic acids is 1. The van der Waals surface area contributed by atoms with Crippen molar-refractivity contribution in [3.05, 3.63) is 0 Å². The van der Waals surface area contributed by atoms with Crippen LogP contribution in [0.4, 0.5) is 0 Å². The monoisotopic (exact) mass is 334 g/mol. The Morgan fingerprint density at radius 2 is 1.55 bits per heavy atom. The number of aliphatic carboxylic acids is 1. The summed E-state index contributed by atoms with van der Waals surface area (Å²) in [7, 11) is 0. The molecule has 0 saturated heterocycles. The lowest BCUT2D eigenvalue weighted by Gasteiger charge is -2.16. The van der Waals surface area contributed by atoms with Gasteiger partial charge < -0.3 is 26.4 Å². The quantitative estimate of drug-likeness (QED) is 0.245. The van der Waals surface area contributed by atoms with Gasteiger partial charge in [0.25, 0.3) is 0 Å². The number of hydrogen-bond donors (Lipinski definition) is 6. The molecule has 0 aliphatic heterocycles. The predicted molar refractivity (Wildman–Crippen MR) is 78.1 cm³/mol. The summed E-state index contributed by atoms with van der Waals surface area (Å²) in [6.45, 7) is 0.00601. The maximum Gasteiger partial charge on any atom is 0.322 e. The molecular formula is C11H18N4O6S. The third-order valence-corrected chi connectivity index (χ3v) is 2.56. The van der Waals surface area contributed by atoms with E-state index in [1.807, 2.05) is 0 Å². The molecule has 11 heteroatoms. The Morgan fingerprint density at radius 3 is 2.05 bits per heavy atom. The zero-order valence-corrected chi connectivity index (χ0v) is 12.7. The fourth-order valence-corrected chi connectivity index (χ4v) is 1.43. The summed E-state index contributed by atoms with van der Waals surface area (Å²) in [6, 6.07) is -1.03. The number of hydrogen-bond acceptors (Lipinski definition) is 6. The lowest BCUT2D eigenvalue weighted by Crippen LogP contribution is -2.51. The predicted octanol–water partition coefficient (Wildman–Crippen LogP) is -3.15. The molecule has 0 radical (unpaired) electrons. The molecule has 0 aromatic rings. The lowest BCUT2D eigenvalue weighted by atomic mass is 10.3. The highest BCUT2D eigenvalue weighted by Gasteiger charge is 2.19. The van der Waals surface area contributed by atoms with Crippen LogP contribution < -0.4 is 21.3 Å². The van der Waals surface area contributed by atoms with Crippen molar-refractivity contribution in [2.75, 3.05) is 25.4 Å². The first-order valence-corrected chi connectivity index (χ1v) is 6.80. The van der Waals surface area contributed by atoms with E-state index in [1.54, 1.807) is 0 Å². The van der Waals surface area contributed by atoms with Crippen molar-refractivity contribution >= 4 is 42.2 Å². The molecule has 0 saturated carbocycles. The Hall–Kier alpha value is -2.30. The maximum absolute atomic E-state index is 11.6. The Bertz CT molecular complexity index is 456. The van der Waals surface area contributed by atoms with Gasteiger partial charge in [0, 0.05) is 12.7 Å². The van der Waals surface area contributed by atoms with Gasteiger partial charge in [0.2, 0.25) is 23.6 Å². The Labute approximate surface area is 131 Å². The third kappa shape index (κ3) is 9.58. The highest BCUT2D eigenvalue weighted by atomic mass is 32.1. The highest BCUT2D eigenvalue weighted by molar-refractivity contribution is 7.80. The van der Waals surface area contributed by atoms with E-state index in [4.69, 9.17) is 5.11 Å². The molecule has 0 bridgehead atoms. The van der Waals surface area contributed by atoms with Crippen LogP contribution in [0.25, 0.3) is 0 Å². The van der Waals surface area contributed by atoms with E-state index in [1.165, 1.54) is 6.92 Å². The molecule has 124 valence electrons. The van der Waals surface area contributed by atoms with E-state index in [2.05, 4.69) is 33.9 Å². The second-order valence-corrected chi connectivity index (χ2v) is 4.47. The topological polar surface area (TPSA) is 154 Å². The molecular weight excluding hydrogens is 316 g/mol. The molecule has 10 nitrogen and oxygen atoms in total. The van der Waals surface area contributed by atoms with E-state index in [0.29, 0.717) is 0 Å². The molecule has 0 aliphatic rings. The molecule has 1 atom stereocenters. The molecule has 0 heterocycles. The van der Waals surface area contributed by atoms with Gasteiger partial charge in [0.15, 0.2) is 0 Å². The minimum absolute atomic E-state index is 0.0446. The zero-order valence-electron chi connectivity index (χ0n) is 11.8. The van der Waals surface area contributed by atoms with Crippen LogP contribution in [-0.4, -0.2) is 66.1 Å². The minimum Gasteiger partial charge on any atom is -0.480 e. The molecule has 5 N–H and O–H groups in total. The van der Waals surface area contributed by atoms with Gasteiger partial charge in [-0.15, -0.1) is 0 Å². The maximum atomic E-state index is 11.6. The van der Waals surface area contributed by atoms with Gasteiger partial charge in [-0.2, -0.15) is 12.6 Å². The number of thiol groups is 1. The van der Waals surface area contributed by atoms with Crippen LogP contribution in [-0.2, 0) is 24.0 Å².